The molecule has 0 heterocycles. The molecule has 3 rings (SSSR count). The fourth-order valence-electron chi connectivity index (χ4n) is 2.72. The molecule has 0 atom stereocenters. The minimum atomic E-state index is -3.30. The zero-order valence-electron chi connectivity index (χ0n) is 15.1. The summed E-state index contributed by atoms with van der Waals surface area (Å²) in [6.45, 7) is -3.08. The second kappa shape index (κ2) is 8.95. The summed E-state index contributed by atoms with van der Waals surface area (Å²) in [5, 5.41) is 0. The molecule has 0 aliphatic heterocycles. The smallest absolute Gasteiger partial charge is 0.387 e. The van der Waals surface area contributed by atoms with Crippen LogP contribution in [-0.2, 0) is 9.63 Å². The minimum absolute atomic E-state index is 0.228. The Labute approximate surface area is 164 Å². The molecule has 0 bridgehead atoms. The second-order valence-electron chi connectivity index (χ2n) is 6.45. The Balaban J connectivity index is 2.19. The summed E-state index contributed by atoms with van der Waals surface area (Å²) >= 11 is 0. The van der Waals surface area contributed by atoms with Crippen LogP contribution < -0.4 is 16.0 Å². The topological polar surface area (TPSA) is 73.6 Å². The number of benzene rings is 2. The zero-order valence-corrected chi connectivity index (χ0v) is 15.1. The summed E-state index contributed by atoms with van der Waals surface area (Å²) in [4.78, 5) is 17.6. The summed E-state index contributed by atoms with van der Waals surface area (Å²) < 4.78 is 58.7. The highest BCUT2D eigenvalue weighted by molar-refractivity contribution is 6.26. The van der Waals surface area contributed by atoms with Gasteiger partial charge in [-0.05, 0) is 36.5 Å². The maximum absolute atomic E-state index is 14.7. The second-order valence-corrected chi connectivity index (χ2v) is 6.45. The normalized spacial score (nSPS) is 14.5. The van der Waals surface area contributed by atoms with E-state index in [1.165, 1.54) is 12.1 Å². The van der Waals surface area contributed by atoms with Gasteiger partial charge in [-0.15, -0.1) is 0 Å². The number of hydrogen-bond donors (Lipinski definition) is 2. The Kier molecular flexibility index (Phi) is 6.38. The lowest BCUT2D eigenvalue weighted by Crippen LogP contribution is -2.24. The lowest BCUT2D eigenvalue weighted by atomic mass is 9.98. The first-order valence-corrected chi connectivity index (χ1v) is 8.79. The van der Waals surface area contributed by atoms with E-state index in [9.17, 15) is 22.4 Å². The molecule has 0 aromatic heterocycles. The molecule has 1 aliphatic rings. The molecule has 154 valence electrons. The molecular weight excluding hydrogens is 392 g/mol. The third-order valence-corrected chi connectivity index (χ3v) is 4.27. The highest BCUT2D eigenvalue weighted by Gasteiger charge is 2.28. The van der Waals surface area contributed by atoms with E-state index in [2.05, 4.69) is 10.2 Å². The number of nitrogens with two attached hydrogens (primary N) is 1. The summed E-state index contributed by atoms with van der Waals surface area (Å²) in [6, 6.07) is 9.37. The van der Waals surface area contributed by atoms with Crippen molar-refractivity contribution in [2.24, 2.45) is 11.7 Å². The number of primary amides is 1. The first kappa shape index (κ1) is 20.7. The predicted molar refractivity (Wildman–Crippen MR) is 97.3 cm³/mol. The van der Waals surface area contributed by atoms with Gasteiger partial charge < -0.3 is 10.5 Å². The van der Waals surface area contributed by atoms with Crippen molar-refractivity contribution in [2.75, 3.05) is 6.61 Å². The van der Waals surface area contributed by atoms with Crippen LogP contribution >= 0.6 is 0 Å². The monoisotopic (exact) mass is 410 g/mol. The number of hydrogen-bond acceptors (Lipinski definition) is 4. The molecule has 2 aromatic rings. The van der Waals surface area contributed by atoms with Crippen molar-refractivity contribution in [3.8, 4) is 5.75 Å². The molecule has 5 nitrogen and oxygen atoms in total. The lowest BCUT2D eigenvalue weighted by Gasteiger charge is -2.19. The average molecular weight is 410 g/mol. The molecule has 0 saturated heterocycles. The largest absolute Gasteiger partial charge is 0.434 e. The molecule has 3 N–H and O–H groups in total. The Morgan fingerprint density at radius 2 is 1.83 bits per heavy atom. The molecular formula is C20H18F4N2O3. The summed E-state index contributed by atoms with van der Waals surface area (Å²) in [5.74, 6) is -4.20. The number of nitrogens with one attached hydrogen (secondary N) is 1. The molecule has 9 heteroatoms. The fraction of sp³-hybridized carbons (Fsp3) is 0.250. The average Bonchev–Trinajstić information content (AvgIpc) is 3.49. The summed E-state index contributed by atoms with van der Waals surface area (Å²) in [5.41, 5.74) is 6.76. The van der Waals surface area contributed by atoms with Crippen LogP contribution in [0.25, 0.3) is 11.3 Å². The van der Waals surface area contributed by atoms with Gasteiger partial charge in [-0.25, -0.2) is 8.78 Å². The van der Waals surface area contributed by atoms with E-state index >= 15 is 0 Å². The first-order chi connectivity index (χ1) is 13.9. The van der Waals surface area contributed by atoms with Gasteiger partial charge >= 0.3 is 6.61 Å². The Bertz CT molecular complexity index is 915. The van der Waals surface area contributed by atoms with Gasteiger partial charge in [0, 0.05) is 0 Å². The molecule has 1 fully saturated rings. The number of ether oxygens (including phenoxy) is 1. The maximum atomic E-state index is 14.7. The van der Waals surface area contributed by atoms with Crippen LogP contribution in [0.2, 0.25) is 0 Å². The summed E-state index contributed by atoms with van der Waals surface area (Å²) in [6.07, 6.45) is 1.88. The van der Waals surface area contributed by atoms with E-state index in [1.807, 2.05) is 0 Å². The van der Waals surface area contributed by atoms with E-state index in [-0.39, 0.29) is 23.7 Å². The predicted octanol–water partition coefficient (Wildman–Crippen LogP) is 3.85. The molecule has 1 aliphatic carbocycles. The molecule has 1 amide bonds. The minimum Gasteiger partial charge on any atom is -0.434 e. The van der Waals surface area contributed by atoms with Gasteiger partial charge in [0.15, 0.2) is 11.6 Å². The Morgan fingerprint density at radius 1 is 1.14 bits per heavy atom. The number of halogens is 4. The van der Waals surface area contributed by atoms with Crippen LogP contribution in [0.5, 0.6) is 5.75 Å². The quantitative estimate of drug-likeness (QED) is 0.285. The van der Waals surface area contributed by atoms with Crippen LogP contribution in [-0.4, -0.2) is 19.1 Å². The van der Waals surface area contributed by atoms with E-state index in [0.29, 0.717) is 6.07 Å². The van der Waals surface area contributed by atoms with Crippen LogP contribution in [0.15, 0.2) is 42.5 Å². The number of carbonyl (C=O) groups is 1. The third kappa shape index (κ3) is 5.05. The van der Waals surface area contributed by atoms with Gasteiger partial charge in [0.05, 0.1) is 23.4 Å². The van der Waals surface area contributed by atoms with Crippen molar-refractivity contribution < 1.29 is 31.9 Å². The standard InChI is InChI=1S/C20H18F4N2O3/c21-13-8-9-14(29-20(23)24)16(17(13)22)18(26-28-10-11-6-7-11)15(19(25)27)12-4-2-1-3-5-12/h1-5,8-9,11,20,26H,6-7,10H2,(H2,25,27). The van der Waals surface area contributed by atoms with Crippen molar-refractivity contribution >= 4 is 17.2 Å². The van der Waals surface area contributed by atoms with Crippen LogP contribution in [0.1, 0.15) is 24.0 Å². The number of hydroxylamine groups is 1. The Hall–Kier alpha value is -3.07. The van der Waals surface area contributed by atoms with Crippen LogP contribution in [0, 0.1) is 17.6 Å². The van der Waals surface area contributed by atoms with Gasteiger partial charge in [-0.3, -0.25) is 15.1 Å². The van der Waals surface area contributed by atoms with Gasteiger partial charge in [0.2, 0.25) is 0 Å². The van der Waals surface area contributed by atoms with Gasteiger partial charge in [0.1, 0.15) is 5.75 Å². The molecule has 29 heavy (non-hydrogen) atoms. The molecule has 0 unspecified atom stereocenters. The van der Waals surface area contributed by atoms with E-state index < -0.39 is 41.2 Å². The van der Waals surface area contributed by atoms with Crippen LogP contribution in [0.4, 0.5) is 17.6 Å². The van der Waals surface area contributed by atoms with Gasteiger partial charge in [0.25, 0.3) is 5.91 Å². The van der Waals surface area contributed by atoms with E-state index in [1.54, 1.807) is 18.2 Å². The number of carbonyl (C=O) groups excluding carboxylic acids is 1. The molecule has 2 aromatic carbocycles. The zero-order chi connectivity index (χ0) is 21.0. The highest BCUT2D eigenvalue weighted by Crippen LogP contribution is 2.35. The van der Waals surface area contributed by atoms with Crippen molar-refractivity contribution in [1.82, 2.24) is 5.48 Å². The van der Waals surface area contributed by atoms with E-state index in [0.717, 1.165) is 18.9 Å². The van der Waals surface area contributed by atoms with Gasteiger partial charge in [-0.2, -0.15) is 8.78 Å². The van der Waals surface area contributed by atoms with Crippen molar-refractivity contribution in [3.63, 3.8) is 0 Å². The fourth-order valence-corrected chi connectivity index (χ4v) is 2.72. The maximum Gasteiger partial charge on any atom is 0.387 e. The SMILES string of the molecule is NC(=O)C(=C(NOCC1CC1)c1c(OC(F)F)ccc(F)c1F)c1ccccc1. The highest BCUT2D eigenvalue weighted by atomic mass is 19.3. The van der Waals surface area contributed by atoms with Crippen molar-refractivity contribution in [1.29, 1.82) is 0 Å². The van der Waals surface area contributed by atoms with Gasteiger partial charge in [-0.1, -0.05) is 30.3 Å². The number of alkyl halides is 2. The van der Waals surface area contributed by atoms with Crippen molar-refractivity contribution in [3.05, 3.63) is 65.2 Å². The lowest BCUT2D eigenvalue weighted by molar-refractivity contribution is -0.112. The van der Waals surface area contributed by atoms with E-state index in [4.69, 9.17) is 10.6 Å². The molecule has 0 radical (unpaired) electrons. The number of rotatable bonds is 9. The summed E-state index contributed by atoms with van der Waals surface area (Å²) in [7, 11) is 0. The molecule has 0 spiro atoms. The van der Waals surface area contributed by atoms with Crippen LogP contribution in [0.3, 0.4) is 0 Å². The third-order valence-electron chi connectivity index (χ3n) is 4.27. The first-order valence-electron chi connectivity index (χ1n) is 8.79. The Morgan fingerprint density at radius 3 is 2.41 bits per heavy atom. The molecule has 1 saturated carbocycles. The van der Waals surface area contributed by atoms with Crippen molar-refractivity contribution in [2.45, 2.75) is 19.5 Å². The number of amides is 1.